The average Bonchev–Trinajstić information content (AvgIpc) is 2.24. The van der Waals surface area contributed by atoms with Crippen molar-refractivity contribution < 1.29 is 49.3 Å². The summed E-state index contributed by atoms with van der Waals surface area (Å²) in [6, 6.07) is 0. The van der Waals surface area contributed by atoms with E-state index in [9.17, 15) is 4.79 Å². The molecule has 3 atom stereocenters. The van der Waals surface area contributed by atoms with Gasteiger partial charge in [0.05, 0.1) is 6.61 Å². The van der Waals surface area contributed by atoms with Crippen molar-refractivity contribution in [3.05, 3.63) is 0 Å². The summed E-state index contributed by atoms with van der Waals surface area (Å²) in [7, 11) is -4.64. The zero-order valence-corrected chi connectivity index (χ0v) is 9.87. The van der Waals surface area contributed by atoms with Crippen LogP contribution in [0, 0.1) is 0 Å². The number of hydrogen-bond donors (Lipinski definition) is 8. The molecule has 0 rings (SSSR count). The number of carbonyl (C=O) groups is 2. The van der Waals surface area contributed by atoms with Gasteiger partial charge in [-0.2, -0.15) is 0 Å². The fourth-order valence-corrected chi connectivity index (χ4v) is 0.416. The molecule has 1 amide bonds. The number of hydrogen-bond acceptors (Lipinski definition) is 7. The molecule has 0 aliphatic rings. The molecular formula is C6H16NO10P. The lowest BCUT2D eigenvalue weighted by atomic mass is 10.1. The van der Waals surface area contributed by atoms with Gasteiger partial charge in [0.15, 0.2) is 6.29 Å². The smallest absolute Gasteiger partial charge is 0.394 e. The van der Waals surface area contributed by atoms with Gasteiger partial charge < -0.3 is 45.6 Å². The maximum Gasteiger partial charge on any atom is 0.466 e. The molecule has 0 aliphatic carbocycles. The molecule has 18 heavy (non-hydrogen) atoms. The predicted molar refractivity (Wildman–Crippen MR) is 55.7 cm³/mol. The Bertz CT molecular complexity index is 246. The van der Waals surface area contributed by atoms with Crippen molar-refractivity contribution in [3.8, 4) is 0 Å². The Hall–Kier alpha value is -0.910. The van der Waals surface area contributed by atoms with Crippen LogP contribution in [0.15, 0.2) is 0 Å². The van der Waals surface area contributed by atoms with Crippen molar-refractivity contribution in [2.24, 2.45) is 5.73 Å². The highest BCUT2D eigenvalue weighted by atomic mass is 31.2. The molecule has 0 saturated heterocycles. The lowest BCUT2D eigenvalue weighted by Crippen LogP contribution is -2.40. The number of rotatable bonds is 4. The van der Waals surface area contributed by atoms with E-state index in [-0.39, 0.29) is 12.7 Å². The van der Waals surface area contributed by atoms with E-state index < -0.39 is 32.7 Å². The van der Waals surface area contributed by atoms with Crippen LogP contribution in [0.25, 0.3) is 0 Å². The summed E-state index contributed by atoms with van der Waals surface area (Å²) in [5.74, 6) is 0. The van der Waals surface area contributed by atoms with Gasteiger partial charge in [0, 0.05) is 0 Å². The predicted octanol–water partition coefficient (Wildman–Crippen LogP) is -4.57. The third kappa shape index (κ3) is 24.4. The van der Waals surface area contributed by atoms with Crippen molar-refractivity contribution in [1.29, 1.82) is 0 Å². The molecular weight excluding hydrogens is 277 g/mol. The van der Waals surface area contributed by atoms with Crippen LogP contribution in [0.1, 0.15) is 0 Å². The number of aldehydes is 1. The average molecular weight is 293 g/mol. The van der Waals surface area contributed by atoms with Crippen molar-refractivity contribution in [1.82, 2.24) is 0 Å². The first-order chi connectivity index (χ1) is 8.04. The highest BCUT2D eigenvalue weighted by Gasteiger charge is 2.22. The minimum atomic E-state index is -4.64. The van der Waals surface area contributed by atoms with Crippen LogP contribution in [-0.2, 0) is 14.2 Å². The number of nitrogens with two attached hydrogens (primary N) is 1. The molecule has 0 aromatic carbocycles. The van der Waals surface area contributed by atoms with Gasteiger partial charge in [-0.1, -0.05) is 0 Å². The van der Waals surface area contributed by atoms with Gasteiger partial charge in [-0.3, -0.25) is 4.79 Å². The molecule has 9 N–H and O–H groups in total. The maximum atomic E-state index is 9.76. The first kappa shape index (κ1) is 22.3. The number of carbonyl (C=O) groups excluding carboxylic acids is 2. The van der Waals surface area contributed by atoms with Gasteiger partial charge in [-0.25, -0.2) is 4.57 Å². The maximum absolute atomic E-state index is 9.76. The van der Waals surface area contributed by atoms with Gasteiger partial charge in [0.2, 0.25) is 6.41 Å². The molecule has 0 spiro atoms. The van der Waals surface area contributed by atoms with Crippen LogP contribution < -0.4 is 5.73 Å². The van der Waals surface area contributed by atoms with E-state index >= 15 is 0 Å². The topological polar surface area (TPSA) is 219 Å². The second-order valence-electron chi connectivity index (χ2n) is 2.52. The highest BCUT2D eigenvalue weighted by molar-refractivity contribution is 7.45. The van der Waals surface area contributed by atoms with Crippen LogP contribution in [-0.4, -0.2) is 72.7 Å². The van der Waals surface area contributed by atoms with Crippen LogP contribution in [0.3, 0.4) is 0 Å². The van der Waals surface area contributed by atoms with E-state index in [4.69, 9.17) is 44.5 Å². The summed E-state index contributed by atoms with van der Waals surface area (Å²) in [5.41, 5.74) is 4.17. The Kier molecular flexibility index (Phi) is 15.5. The number of amides is 1. The van der Waals surface area contributed by atoms with Gasteiger partial charge >= 0.3 is 7.82 Å². The highest BCUT2D eigenvalue weighted by Crippen LogP contribution is 2.25. The third-order valence-electron chi connectivity index (χ3n) is 1.07. The third-order valence-corrected chi connectivity index (χ3v) is 1.07. The first-order valence-corrected chi connectivity index (χ1v) is 5.65. The number of phosphoric acid groups is 1. The first-order valence-electron chi connectivity index (χ1n) is 4.09. The molecule has 110 valence electrons. The lowest BCUT2D eigenvalue weighted by molar-refractivity contribution is -0.127. The summed E-state index contributed by atoms with van der Waals surface area (Å²) in [5, 5.41) is 34.1. The Morgan fingerprint density at radius 2 is 1.39 bits per heavy atom. The summed E-state index contributed by atoms with van der Waals surface area (Å²) in [4.78, 5) is 39.9. The molecule has 0 saturated carbocycles. The second kappa shape index (κ2) is 12.5. The van der Waals surface area contributed by atoms with E-state index in [1.54, 1.807) is 0 Å². The molecule has 0 aliphatic heterocycles. The number of primary amides is 1. The second-order valence-corrected chi connectivity index (χ2v) is 3.54. The van der Waals surface area contributed by atoms with Crippen molar-refractivity contribution in [2.75, 3.05) is 6.61 Å². The Balaban J connectivity index is -0.000000235. The van der Waals surface area contributed by atoms with Crippen LogP contribution in [0.5, 0.6) is 0 Å². The largest absolute Gasteiger partial charge is 0.466 e. The van der Waals surface area contributed by atoms with E-state index in [1.165, 1.54) is 0 Å². The SMILES string of the molecule is NC=O.O=CC(O)C(O)C(O)CO.O=P(O)(O)O. The minimum Gasteiger partial charge on any atom is -0.394 e. The van der Waals surface area contributed by atoms with Gasteiger partial charge in [-0.15, -0.1) is 0 Å². The molecule has 0 aromatic heterocycles. The Labute approximate surface area is 101 Å². The number of aliphatic hydroxyl groups excluding tert-OH is 4. The fraction of sp³-hybridized carbons (Fsp3) is 0.667. The molecule has 0 bridgehead atoms. The standard InChI is InChI=1S/C5H10O5.CH3NO.H3O4P/c6-1-3(8)5(10)4(9)2-7;2-1-3;1-5(2,3)4/h1,3-5,7-10H,2H2;1H,(H2,2,3);(H3,1,2,3,4). The molecule has 12 heteroatoms. The molecule has 0 fully saturated rings. The quantitative estimate of drug-likeness (QED) is 0.183. The summed E-state index contributed by atoms with van der Waals surface area (Å²) in [6.07, 6.45) is -4.38. The number of aliphatic hydroxyl groups is 4. The fourth-order valence-electron chi connectivity index (χ4n) is 0.416. The monoisotopic (exact) mass is 293 g/mol. The van der Waals surface area contributed by atoms with Gasteiger partial charge in [0.25, 0.3) is 0 Å². The van der Waals surface area contributed by atoms with Crippen LogP contribution >= 0.6 is 7.82 Å². The van der Waals surface area contributed by atoms with Crippen LogP contribution in [0.2, 0.25) is 0 Å². The zero-order valence-electron chi connectivity index (χ0n) is 8.97. The molecule has 11 nitrogen and oxygen atoms in total. The van der Waals surface area contributed by atoms with Crippen molar-refractivity contribution >= 4 is 20.5 Å². The van der Waals surface area contributed by atoms with E-state index in [2.05, 4.69) is 5.73 Å². The van der Waals surface area contributed by atoms with Gasteiger partial charge in [-0.05, 0) is 0 Å². The van der Waals surface area contributed by atoms with Crippen molar-refractivity contribution in [3.63, 3.8) is 0 Å². The minimum absolute atomic E-state index is 0.0869. The van der Waals surface area contributed by atoms with Crippen LogP contribution in [0.4, 0.5) is 0 Å². The zero-order chi connectivity index (χ0) is 15.4. The Morgan fingerprint density at radius 3 is 1.56 bits per heavy atom. The molecule has 0 radical (unpaired) electrons. The summed E-state index contributed by atoms with van der Waals surface area (Å²) >= 11 is 0. The molecule has 3 unspecified atom stereocenters. The van der Waals surface area contributed by atoms with Gasteiger partial charge in [0.1, 0.15) is 18.3 Å². The normalized spacial score (nSPS) is 14.8. The summed E-state index contributed by atoms with van der Waals surface area (Å²) < 4.78 is 8.88. The van der Waals surface area contributed by atoms with E-state index in [1.807, 2.05) is 0 Å². The van der Waals surface area contributed by atoms with E-state index in [0.29, 0.717) is 0 Å². The lowest BCUT2D eigenvalue weighted by Gasteiger charge is -2.16. The Morgan fingerprint density at radius 1 is 1.11 bits per heavy atom. The van der Waals surface area contributed by atoms with E-state index in [0.717, 1.165) is 0 Å². The molecule has 0 aromatic rings. The molecule has 0 heterocycles. The van der Waals surface area contributed by atoms with Crippen molar-refractivity contribution in [2.45, 2.75) is 18.3 Å². The summed E-state index contributed by atoms with van der Waals surface area (Å²) in [6.45, 7) is -0.688.